The Morgan fingerprint density at radius 1 is 1.42 bits per heavy atom. The Bertz CT molecular complexity index is 545. The maximum absolute atomic E-state index is 4.49. The number of nitrogens with zero attached hydrogens (tertiary/aromatic N) is 2. The van der Waals surface area contributed by atoms with Crippen molar-refractivity contribution < 1.29 is 0 Å². The van der Waals surface area contributed by atoms with Gasteiger partial charge >= 0.3 is 0 Å². The molecule has 2 aromatic rings. The van der Waals surface area contributed by atoms with Gasteiger partial charge in [-0.05, 0) is 65.1 Å². The Labute approximate surface area is 127 Å². The van der Waals surface area contributed by atoms with Gasteiger partial charge < -0.3 is 5.32 Å². The minimum atomic E-state index is 0.190. The van der Waals surface area contributed by atoms with Crippen molar-refractivity contribution in [3.8, 4) is 0 Å². The predicted molar refractivity (Wildman–Crippen MR) is 84.9 cm³/mol. The normalized spacial score (nSPS) is 13.2. The second kappa shape index (κ2) is 6.20. The van der Waals surface area contributed by atoms with Crippen molar-refractivity contribution in [3.63, 3.8) is 0 Å². The number of nitrogens with one attached hydrogen (secondary N) is 1. The molecule has 0 aliphatic rings. The summed E-state index contributed by atoms with van der Waals surface area (Å²) in [5, 5.41) is 12.5. The van der Waals surface area contributed by atoms with Gasteiger partial charge in [0.2, 0.25) is 0 Å². The van der Waals surface area contributed by atoms with E-state index in [-0.39, 0.29) is 6.04 Å². The van der Waals surface area contributed by atoms with Crippen molar-refractivity contribution in [1.82, 2.24) is 15.1 Å². The fraction of sp³-hybridized carbons (Fsp3) is 0.500. The number of rotatable bonds is 5. The molecule has 0 saturated carbocycles. The van der Waals surface area contributed by atoms with Crippen molar-refractivity contribution in [3.05, 3.63) is 38.3 Å². The summed E-state index contributed by atoms with van der Waals surface area (Å²) in [6.07, 6.45) is 1.89. The molecule has 2 heterocycles. The largest absolute Gasteiger partial charge is 0.305 e. The summed E-state index contributed by atoms with van der Waals surface area (Å²) in [5.74, 6) is 0. The number of thiophene rings is 1. The molecule has 1 unspecified atom stereocenters. The quantitative estimate of drug-likeness (QED) is 0.878. The van der Waals surface area contributed by atoms with Gasteiger partial charge in [-0.2, -0.15) is 16.4 Å². The molecule has 3 nitrogen and oxygen atoms in total. The van der Waals surface area contributed by atoms with E-state index < -0.39 is 0 Å². The molecule has 0 aliphatic carbocycles. The van der Waals surface area contributed by atoms with E-state index in [0.29, 0.717) is 6.04 Å². The summed E-state index contributed by atoms with van der Waals surface area (Å²) in [5.41, 5.74) is 3.88. The van der Waals surface area contributed by atoms with Crippen LogP contribution in [0.4, 0.5) is 0 Å². The van der Waals surface area contributed by atoms with Gasteiger partial charge in [-0.1, -0.05) is 6.92 Å². The van der Waals surface area contributed by atoms with Gasteiger partial charge in [0.1, 0.15) is 0 Å². The molecule has 0 bridgehead atoms. The van der Waals surface area contributed by atoms with Crippen LogP contribution in [0.5, 0.6) is 0 Å². The number of aryl methyl sites for hydroxylation is 1. The first-order chi connectivity index (χ1) is 9.06. The molecule has 0 aromatic carbocycles. The monoisotopic (exact) mass is 341 g/mol. The number of aromatic nitrogens is 2. The molecule has 0 fully saturated rings. The van der Waals surface area contributed by atoms with Crippen LogP contribution in [0.15, 0.2) is 21.4 Å². The van der Waals surface area contributed by atoms with Crippen molar-refractivity contribution in [2.75, 3.05) is 6.54 Å². The highest BCUT2D eigenvalue weighted by molar-refractivity contribution is 9.10. The van der Waals surface area contributed by atoms with Gasteiger partial charge in [-0.3, -0.25) is 4.68 Å². The highest BCUT2D eigenvalue weighted by Crippen LogP contribution is 2.33. The molecule has 5 heteroatoms. The fourth-order valence-electron chi connectivity index (χ4n) is 2.26. The Hall–Kier alpha value is -0.650. The average molecular weight is 342 g/mol. The molecule has 2 rings (SSSR count). The first-order valence-corrected chi connectivity index (χ1v) is 8.28. The van der Waals surface area contributed by atoms with Crippen LogP contribution in [0.3, 0.4) is 0 Å². The molecular weight excluding hydrogens is 322 g/mol. The summed E-state index contributed by atoms with van der Waals surface area (Å²) in [4.78, 5) is 0. The van der Waals surface area contributed by atoms with E-state index in [0.717, 1.165) is 11.0 Å². The molecule has 19 heavy (non-hydrogen) atoms. The third kappa shape index (κ3) is 2.93. The highest BCUT2D eigenvalue weighted by Gasteiger charge is 2.24. The molecule has 0 spiro atoms. The van der Waals surface area contributed by atoms with Crippen LogP contribution >= 0.6 is 27.3 Å². The number of hydrogen-bond donors (Lipinski definition) is 1. The first kappa shape index (κ1) is 14.8. The summed E-state index contributed by atoms with van der Waals surface area (Å²) in [6, 6.07) is 0.539. The van der Waals surface area contributed by atoms with E-state index in [2.05, 4.69) is 69.5 Å². The standard InChI is InChI=1S/C14H20BrN3S/c1-5-16-13(11-8-19-7-10(11)4)14-12(15)6-17-18(14)9(2)3/h6-9,13,16H,5H2,1-4H3. The molecule has 1 N–H and O–H groups in total. The van der Waals surface area contributed by atoms with E-state index in [1.54, 1.807) is 11.3 Å². The molecule has 104 valence electrons. The Balaban J connectivity index is 2.51. The van der Waals surface area contributed by atoms with Crippen molar-refractivity contribution in [2.45, 2.75) is 39.8 Å². The minimum absolute atomic E-state index is 0.190. The van der Waals surface area contributed by atoms with Crippen LogP contribution in [0, 0.1) is 6.92 Å². The maximum Gasteiger partial charge on any atom is 0.0770 e. The topological polar surface area (TPSA) is 29.9 Å². The van der Waals surface area contributed by atoms with Gasteiger partial charge in [0.05, 0.1) is 22.4 Å². The molecule has 0 amide bonds. The smallest absolute Gasteiger partial charge is 0.0770 e. The predicted octanol–water partition coefficient (Wildman–Crippen LogP) is 4.30. The van der Waals surface area contributed by atoms with Gasteiger partial charge in [0, 0.05) is 6.04 Å². The van der Waals surface area contributed by atoms with Gasteiger partial charge in [0.25, 0.3) is 0 Å². The van der Waals surface area contributed by atoms with Crippen LogP contribution in [-0.2, 0) is 0 Å². The van der Waals surface area contributed by atoms with E-state index in [4.69, 9.17) is 0 Å². The molecule has 2 aromatic heterocycles. The second-order valence-corrected chi connectivity index (χ2v) is 6.51. The maximum atomic E-state index is 4.49. The number of halogens is 1. The first-order valence-electron chi connectivity index (χ1n) is 6.55. The Morgan fingerprint density at radius 2 is 2.16 bits per heavy atom. The van der Waals surface area contributed by atoms with Gasteiger partial charge in [-0.15, -0.1) is 0 Å². The van der Waals surface area contributed by atoms with Crippen molar-refractivity contribution >= 4 is 27.3 Å². The lowest BCUT2D eigenvalue weighted by molar-refractivity contribution is 0.475. The molecule has 0 radical (unpaired) electrons. The Kier molecular flexibility index (Phi) is 4.81. The highest BCUT2D eigenvalue weighted by atomic mass is 79.9. The van der Waals surface area contributed by atoms with Crippen LogP contribution in [-0.4, -0.2) is 16.3 Å². The summed E-state index contributed by atoms with van der Waals surface area (Å²) >= 11 is 5.40. The van der Waals surface area contributed by atoms with Crippen molar-refractivity contribution in [2.24, 2.45) is 0 Å². The zero-order chi connectivity index (χ0) is 14.0. The van der Waals surface area contributed by atoms with Crippen molar-refractivity contribution in [1.29, 1.82) is 0 Å². The van der Waals surface area contributed by atoms with Crippen LogP contribution < -0.4 is 5.32 Å². The molecule has 0 aliphatic heterocycles. The molecular formula is C14H20BrN3S. The third-order valence-corrected chi connectivity index (χ3v) is 4.65. The lowest BCUT2D eigenvalue weighted by Gasteiger charge is -2.22. The van der Waals surface area contributed by atoms with E-state index in [9.17, 15) is 0 Å². The lowest BCUT2D eigenvalue weighted by Crippen LogP contribution is -2.26. The van der Waals surface area contributed by atoms with Gasteiger partial charge in [0.15, 0.2) is 0 Å². The van der Waals surface area contributed by atoms with E-state index in [1.807, 2.05) is 6.20 Å². The van der Waals surface area contributed by atoms with Gasteiger partial charge in [-0.25, -0.2) is 0 Å². The van der Waals surface area contributed by atoms with Crippen LogP contribution in [0.2, 0.25) is 0 Å². The Morgan fingerprint density at radius 3 is 2.68 bits per heavy atom. The SMILES string of the molecule is CCNC(c1cscc1C)c1c(Br)cnn1C(C)C. The van der Waals surface area contributed by atoms with E-state index in [1.165, 1.54) is 16.8 Å². The van der Waals surface area contributed by atoms with Crippen LogP contribution in [0.1, 0.15) is 49.7 Å². The zero-order valence-electron chi connectivity index (χ0n) is 11.8. The summed E-state index contributed by atoms with van der Waals surface area (Å²) in [7, 11) is 0. The summed E-state index contributed by atoms with van der Waals surface area (Å²) in [6.45, 7) is 9.55. The van der Waals surface area contributed by atoms with E-state index >= 15 is 0 Å². The average Bonchev–Trinajstić information content (AvgIpc) is 2.93. The fourth-order valence-corrected chi connectivity index (χ4v) is 3.64. The summed E-state index contributed by atoms with van der Waals surface area (Å²) < 4.78 is 3.16. The third-order valence-electron chi connectivity index (χ3n) is 3.16. The zero-order valence-corrected chi connectivity index (χ0v) is 14.2. The lowest BCUT2D eigenvalue weighted by atomic mass is 10.0. The molecule has 0 saturated heterocycles. The minimum Gasteiger partial charge on any atom is -0.305 e. The molecule has 1 atom stereocenters. The van der Waals surface area contributed by atoms with Crippen LogP contribution in [0.25, 0.3) is 0 Å². The second-order valence-electron chi connectivity index (χ2n) is 4.92. The number of hydrogen-bond acceptors (Lipinski definition) is 3.